The third-order valence-electron chi connectivity index (χ3n) is 2.57. The fraction of sp³-hybridized carbons (Fsp3) is 0.800. The first-order valence-corrected chi connectivity index (χ1v) is 5.34. The quantitative estimate of drug-likeness (QED) is 0.333. The molecular formula is C10H16O8. The number of aliphatic hydroxyl groups excluding tert-OH is 3. The second kappa shape index (κ2) is 6.76. The number of Topliss-reactive ketones (excluding diaryl/α,β-unsaturated/α-hetero) is 1. The predicted molar refractivity (Wildman–Crippen MR) is 55.6 cm³/mol. The van der Waals surface area contributed by atoms with Gasteiger partial charge in [-0.25, -0.2) is 4.79 Å². The van der Waals surface area contributed by atoms with Gasteiger partial charge in [-0.2, -0.15) is 0 Å². The summed E-state index contributed by atoms with van der Waals surface area (Å²) >= 11 is 0. The molecule has 0 aromatic carbocycles. The topological polar surface area (TPSA) is 123 Å². The smallest absolute Gasteiger partial charge is 0.378 e. The number of ketones is 1. The number of aliphatic hydroxyl groups is 3. The number of hydrogen-bond donors (Lipinski definition) is 3. The molecule has 0 bridgehead atoms. The van der Waals surface area contributed by atoms with Gasteiger partial charge in [-0.15, -0.1) is 0 Å². The molecule has 4 atom stereocenters. The molecular weight excluding hydrogens is 248 g/mol. The largest absolute Gasteiger partial charge is 0.450 e. The molecule has 1 fully saturated rings. The first kappa shape index (κ1) is 15.0. The Morgan fingerprint density at radius 1 is 1.33 bits per heavy atom. The average molecular weight is 264 g/mol. The van der Waals surface area contributed by atoms with Crippen molar-refractivity contribution in [1.82, 2.24) is 0 Å². The minimum atomic E-state index is -1.40. The van der Waals surface area contributed by atoms with Gasteiger partial charge in [0.1, 0.15) is 12.2 Å². The lowest BCUT2D eigenvalue weighted by atomic mass is 10.1. The van der Waals surface area contributed by atoms with Gasteiger partial charge in [0.15, 0.2) is 12.2 Å². The van der Waals surface area contributed by atoms with E-state index in [9.17, 15) is 14.7 Å². The second-order valence-electron chi connectivity index (χ2n) is 3.78. The third-order valence-corrected chi connectivity index (χ3v) is 2.57. The Hall–Kier alpha value is -1.06. The van der Waals surface area contributed by atoms with Crippen LogP contribution >= 0.6 is 0 Å². The van der Waals surface area contributed by atoms with Crippen LogP contribution in [0, 0.1) is 0 Å². The molecule has 2 unspecified atom stereocenters. The summed E-state index contributed by atoms with van der Waals surface area (Å²) in [7, 11) is 1.35. The van der Waals surface area contributed by atoms with E-state index in [2.05, 4.69) is 4.74 Å². The van der Waals surface area contributed by atoms with Crippen LogP contribution in [0.2, 0.25) is 0 Å². The van der Waals surface area contributed by atoms with Crippen molar-refractivity contribution in [3.05, 3.63) is 0 Å². The minimum absolute atomic E-state index is 0.144. The lowest BCUT2D eigenvalue weighted by Crippen LogP contribution is -2.42. The first-order chi connectivity index (χ1) is 8.54. The van der Waals surface area contributed by atoms with Crippen molar-refractivity contribution >= 4 is 11.8 Å². The van der Waals surface area contributed by atoms with Crippen LogP contribution in [-0.4, -0.2) is 78.4 Å². The number of rotatable bonds is 7. The Kier molecular flexibility index (Phi) is 5.63. The Balaban J connectivity index is 2.64. The number of hydrogen-bond acceptors (Lipinski definition) is 8. The van der Waals surface area contributed by atoms with Crippen LogP contribution < -0.4 is 0 Å². The Labute approximate surface area is 103 Å². The summed E-state index contributed by atoms with van der Waals surface area (Å²) in [6, 6.07) is 0. The SMILES string of the molecule is COC(CO)COC1C(=O)C(=O)O[C@@H]1[C@@H](O)CO. The van der Waals surface area contributed by atoms with Crippen LogP contribution in [0.1, 0.15) is 0 Å². The summed E-state index contributed by atoms with van der Waals surface area (Å²) < 4.78 is 14.5. The summed E-state index contributed by atoms with van der Waals surface area (Å²) in [6.07, 6.45) is -4.60. The van der Waals surface area contributed by atoms with Crippen LogP contribution in [-0.2, 0) is 23.8 Å². The highest BCUT2D eigenvalue weighted by Crippen LogP contribution is 2.19. The number of cyclic esters (lactones) is 1. The van der Waals surface area contributed by atoms with E-state index in [0.29, 0.717) is 0 Å². The zero-order chi connectivity index (χ0) is 13.7. The van der Waals surface area contributed by atoms with Gasteiger partial charge in [0, 0.05) is 7.11 Å². The Morgan fingerprint density at radius 2 is 2.00 bits per heavy atom. The molecule has 1 heterocycles. The highest BCUT2D eigenvalue weighted by Gasteiger charge is 2.48. The molecule has 0 aromatic heterocycles. The van der Waals surface area contributed by atoms with Gasteiger partial charge >= 0.3 is 5.97 Å². The molecule has 104 valence electrons. The number of ether oxygens (including phenoxy) is 3. The van der Waals surface area contributed by atoms with Crippen molar-refractivity contribution < 1.29 is 39.1 Å². The lowest BCUT2D eigenvalue weighted by Gasteiger charge is -2.22. The maximum absolute atomic E-state index is 11.4. The fourth-order valence-electron chi connectivity index (χ4n) is 1.47. The molecule has 0 radical (unpaired) electrons. The van der Waals surface area contributed by atoms with E-state index in [1.165, 1.54) is 7.11 Å². The first-order valence-electron chi connectivity index (χ1n) is 5.34. The molecule has 1 aliphatic rings. The van der Waals surface area contributed by atoms with E-state index in [4.69, 9.17) is 19.7 Å². The summed E-state index contributed by atoms with van der Waals surface area (Å²) in [5.41, 5.74) is 0. The molecule has 0 amide bonds. The van der Waals surface area contributed by atoms with Crippen molar-refractivity contribution in [2.24, 2.45) is 0 Å². The van der Waals surface area contributed by atoms with Gasteiger partial charge in [0.2, 0.25) is 0 Å². The molecule has 1 saturated heterocycles. The molecule has 18 heavy (non-hydrogen) atoms. The van der Waals surface area contributed by atoms with E-state index in [0.717, 1.165) is 0 Å². The van der Waals surface area contributed by atoms with Gasteiger partial charge in [0.25, 0.3) is 5.78 Å². The molecule has 1 rings (SSSR count). The van der Waals surface area contributed by atoms with Crippen LogP contribution in [0.5, 0.6) is 0 Å². The highest BCUT2D eigenvalue weighted by atomic mass is 16.6. The van der Waals surface area contributed by atoms with Crippen LogP contribution in [0.4, 0.5) is 0 Å². The Morgan fingerprint density at radius 3 is 2.50 bits per heavy atom. The van der Waals surface area contributed by atoms with Crippen molar-refractivity contribution in [3.63, 3.8) is 0 Å². The molecule has 8 nitrogen and oxygen atoms in total. The van der Waals surface area contributed by atoms with E-state index < -0.39 is 42.8 Å². The third kappa shape index (κ3) is 3.24. The van der Waals surface area contributed by atoms with Gasteiger partial charge in [-0.3, -0.25) is 4.79 Å². The zero-order valence-corrected chi connectivity index (χ0v) is 9.81. The molecule has 0 aromatic rings. The second-order valence-corrected chi connectivity index (χ2v) is 3.78. The van der Waals surface area contributed by atoms with Crippen LogP contribution in [0.3, 0.4) is 0 Å². The Bertz CT molecular complexity index is 300. The molecule has 0 aliphatic carbocycles. The zero-order valence-electron chi connectivity index (χ0n) is 9.81. The van der Waals surface area contributed by atoms with Crippen molar-refractivity contribution in [2.75, 3.05) is 26.9 Å². The average Bonchev–Trinajstić information content (AvgIpc) is 2.67. The van der Waals surface area contributed by atoms with Crippen LogP contribution in [0.25, 0.3) is 0 Å². The number of methoxy groups -OCH3 is 1. The van der Waals surface area contributed by atoms with Gasteiger partial charge in [0.05, 0.1) is 19.8 Å². The summed E-state index contributed by atoms with van der Waals surface area (Å²) in [4.78, 5) is 22.5. The lowest BCUT2D eigenvalue weighted by molar-refractivity contribution is -0.152. The maximum atomic E-state index is 11.4. The monoisotopic (exact) mass is 264 g/mol. The number of carbonyl (C=O) groups is 2. The fourth-order valence-corrected chi connectivity index (χ4v) is 1.47. The molecule has 1 aliphatic heterocycles. The van der Waals surface area contributed by atoms with E-state index in [-0.39, 0.29) is 13.2 Å². The van der Waals surface area contributed by atoms with Gasteiger partial charge in [-0.1, -0.05) is 0 Å². The van der Waals surface area contributed by atoms with Gasteiger partial charge < -0.3 is 29.5 Å². The minimum Gasteiger partial charge on any atom is -0.450 e. The van der Waals surface area contributed by atoms with Crippen molar-refractivity contribution in [3.8, 4) is 0 Å². The standard InChI is InChI=1S/C10H16O8/c1-16-5(2-11)4-17-9-7(14)10(15)18-8(9)6(13)3-12/h5-6,8-9,11-13H,2-4H2,1H3/t5?,6-,8+,9?/m0/s1. The highest BCUT2D eigenvalue weighted by molar-refractivity contribution is 6.37. The van der Waals surface area contributed by atoms with Crippen molar-refractivity contribution in [2.45, 2.75) is 24.4 Å². The molecule has 8 heteroatoms. The van der Waals surface area contributed by atoms with E-state index in [1.807, 2.05) is 0 Å². The number of carbonyl (C=O) groups excluding carboxylic acids is 2. The van der Waals surface area contributed by atoms with E-state index in [1.54, 1.807) is 0 Å². The van der Waals surface area contributed by atoms with Crippen molar-refractivity contribution in [1.29, 1.82) is 0 Å². The normalized spacial score (nSPS) is 27.1. The van der Waals surface area contributed by atoms with E-state index >= 15 is 0 Å². The number of esters is 1. The molecule has 0 spiro atoms. The molecule has 0 saturated carbocycles. The van der Waals surface area contributed by atoms with Crippen LogP contribution in [0.15, 0.2) is 0 Å². The summed E-state index contributed by atoms with van der Waals surface area (Å²) in [5.74, 6) is -2.05. The molecule has 3 N–H and O–H groups in total. The maximum Gasteiger partial charge on any atom is 0.378 e. The predicted octanol–water partition coefficient (Wildman–Crippen LogP) is -2.77. The summed E-state index contributed by atoms with van der Waals surface area (Å²) in [6.45, 7) is -1.13. The summed E-state index contributed by atoms with van der Waals surface area (Å²) in [5, 5.41) is 27.0. The van der Waals surface area contributed by atoms with Gasteiger partial charge in [-0.05, 0) is 0 Å².